The molecule has 0 aliphatic heterocycles. The molecule has 0 amide bonds. The molecule has 0 radical (unpaired) electrons. The number of rotatable bonds is 6. The van der Waals surface area contributed by atoms with E-state index in [1.807, 2.05) is 73.6 Å². The van der Waals surface area contributed by atoms with Crippen LogP contribution in [0.5, 0.6) is 5.88 Å². The van der Waals surface area contributed by atoms with E-state index < -0.39 is 0 Å². The van der Waals surface area contributed by atoms with E-state index in [4.69, 9.17) is 4.74 Å². The number of carbonyl (C=O) groups excluding carboxylic acids is 1. The number of pyridine rings is 1. The first-order valence-electron chi connectivity index (χ1n) is 7.91. The van der Waals surface area contributed by atoms with Gasteiger partial charge in [-0.3, -0.25) is 4.79 Å². The Balaban J connectivity index is 2.15. The Morgan fingerprint density at radius 2 is 1.67 bits per heavy atom. The van der Waals surface area contributed by atoms with Crippen LogP contribution in [0.3, 0.4) is 0 Å². The van der Waals surface area contributed by atoms with Crippen molar-refractivity contribution in [1.82, 2.24) is 9.88 Å². The zero-order chi connectivity index (χ0) is 16.9. The number of hydrogen-bond donors (Lipinski definition) is 0. The Labute approximate surface area is 141 Å². The van der Waals surface area contributed by atoms with Gasteiger partial charge in [0.15, 0.2) is 6.29 Å². The van der Waals surface area contributed by atoms with E-state index in [0.717, 1.165) is 34.9 Å². The lowest BCUT2D eigenvalue weighted by Gasteiger charge is -2.15. The number of likely N-dealkylation sites (N-methyl/N-ethyl adjacent to an activating group) is 1. The molecule has 122 valence electrons. The summed E-state index contributed by atoms with van der Waals surface area (Å²) in [5.74, 6) is 0.393. The van der Waals surface area contributed by atoms with Gasteiger partial charge in [-0.05, 0) is 19.5 Å². The molecule has 3 rings (SSSR count). The first-order chi connectivity index (χ1) is 11.7. The zero-order valence-electron chi connectivity index (χ0n) is 13.9. The molecule has 1 aromatic heterocycles. The van der Waals surface area contributed by atoms with Crippen molar-refractivity contribution in [2.45, 2.75) is 0 Å². The maximum Gasteiger partial charge on any atom is 0.225 e. The van der Waals surface area contributed by atoms with E-state index in [-0.39, 0.29) is 0 Å². The average Bonchev–Trinajstić information content (AvgIpc) is 2.61. The summed E-state index contributed by atoms with van der Waals surface area (Å²) in [5, 5.41) is 1.81. The Kier molecular flexibility index (Phi) is 4.87. The second kappa shape index (κ2) is 7.23. The molecule has 0 N–H and O–H groups in total. The third-order valence-corrected chi connectivity index (χ3v) is 3.86. The molecule has 3 aromatic rings. The fraction of sp³-hybridized carbons (Fsp3) is 0.200. The summed E-state index contributed by atoms with van der Waals surface area (Å²) >= 11 is 0. The van der Waals surface area contributed by atoms with Gasteiger partial charge in [-0.15, -0.1) is 0 Å². The van der Waals surface area contributed by atoms with Crippen LogP contribution in [0.1, 0.15) is 10.4 Å². The third-order valence-electron chi connectivity index (χ3n) is 3.86. The molecule has 0 aliphatic carbocycles. The van der Waals surface area contributed by atoms with Crippen molar-refractivity contribution in [3.63, 3.8) is 0 Å². The number of carbonyl (C=O) groups is 1. The normalized spacial score (nSPS) is 11.0. The first kappa shape index (κ1) is 16.1. The molecule has 4 nitrogen and oxygen atoms in total. The van der Waals surface area contributed by atoms with Gasteiger partial charge in [0.25, 0.3) is 0 Å². The molecule has 0 saturated heterocycles. The average molecular weight is 320 g/mol. The van der Waals surface area contributed by atoms with Crippen LogP contribution in [-0.2, 0) is 0 Å². The van der Waals surface area contributed by atoms with E-state index in [0.29, 0.717) is 18.1 Å². The number of aldehydes is 1. The number of fused-ring (bicyclic) bond motifs is 1. The molecule has 0 fully saturated rings. The number of ether oxygens (including phenoxy) is 1. The van der Waals surface area contributed by atoms with Crippen molar-refractivity contribution in [2.24, 2.45) is 0 Å². The topological polar surface area (TPSA) is 42.4 Å². The molecule has 0 bridgehead atoms. The summed E-state index contributed by atoms with van der Waals surface area (Å²) in [6.07, 6.45) is 0.828. The van der Waals surface area contributed by atoms with Crippen LogP contribution < -0.4 is 4.74 Å². The van der Waals surface area contributed by atoms with Gasteiger partial charge in [0.05, 0.1) is 11.3 Å². The van der Waals surface area contributed by atoms with Crippen molar-refractivity contribution in [1.29, 1.82) is 0 Å². The molecule has 0 unspecified atom stereocenters. The molecule has 2 aromatic carbocycles. The van der Waals surface area contributed by atoms with Gasteiger partial charge in [-0.2, -0.15) is 0 Å². The maximum absolute atomic E-state index is 11.7. The summed E-state index contributed by atoms with van der Waals surface area (Å²) in [7, 11) is 3.96. The molecule has 24 heavy (non-hydrogen) atoms. The molecule has 0 spiro atoms. The molecule has 4 heteroatoms. The monoisotopic (exact) mass is 320 g/mol. The van der Waals surface area contributed by atoms with Gasteiger partial charge in [-0.1, -0.05) is 54.6 Å². The maximum atomic E-state index is 11.7. The summed E-state index contributed by atoms with van der Waals surface area (Å²) in [5.41, 5.74) is 2.34. The van der Waals surface area contributed by atoms with Crippen LogP contribution in [0.25, 0.3) is 22.0 Å². The summed E-state index contributed by atoms with van der Waals surface area (Å²) in [6, 6.07) is 17.8. The predicted molar refractivity (Wildman–Crippen MR) is 96.6 cm³/mol. The summed E-state index contributed by atoms with van der Waals surface area (Å²) < 4.78 is 5.83. The number of benzene rings is 2. The van der Waals surface area contributed by atoms with Gasteiger partial charge < -0.3 is 9.64 Å². The van der Waals surface area contributed by atoms with Gasteiger partial charge in [0.1, 0.15) is 6.61 Å². The molecule has 0 saturated carbocycles. The molecular formula is C20H20N2O2. The summed E-state index contributed by atoms with van der Waals surface area (Å²) in [6.45, 7) is 1.24. The second-order valence-corrected chi connectivity index (χ2v) is 5.86. The van der Waals surface area contributed by atoms with Crippen molar-refractivity contribution in [3.8, 4) is 17.1 Å². The third kappa shape index (κ3) is 3.29. The Morgan fingerprint density at radius 3 is 2.33 bits per heavy atom. The highest BCUT2D eigenvalue weighted by molar-refractivity contribution is 6.05. The van der Waals surface area contributed by atoms with Crippen molar-refractivity contribution >= 4 is 17.1 Å². The number of nitrogens with zero attached hydrogens (tertiary/aromatic N) is 2. The number of hydrogen-bond acceptors (Lipinski definition) is 4. The molecule has 0 atom stereocenters. The van der Waals surface area contributed by atoms with Crippen LogP contribution in [0.15, 0.2) is 54.6 Å². The fourth-order valence-electron chi connectivity index (χ4n) is 2.63. The van der Waals surface area contributed by atoms with E-state index in [2.05, 4.69) is 4.98 Å². The van der Waals surface area contributed by atoms with Gasteiger partial charge >= 0.3 is 0 Å². The van der Waals surface area contributed by atoms with Crippen LogP contribution in [0.2, 0.25) is 0 Å². The van der Waals surface area contributed by atoms with E-state index >= 15 is 0 Å². The minimum absolute atomic E-state index is 0.393. The number of aromatic nitrogens is 1. The highest BCUT2D eigenvalue weighted by Crippen LogP contribution is 2.33. The fourth-order valence-corrected chi connectivity index (χ4v) is 2.63. The van der Waals surface area contributed by atoms with Gasteiger partial charge in [-0.25, -0.2) is 4.98 Å². The molecule has 0 aliphatic rings. The van der Waals surface area contributed by atoms with Crippen molar-refractivity contribution in [3.05, 3.63) is 60.2 Å². The van der Waals surface area contributed by atoms with Crippen LogP contribution in [0.4, 0.5) is 0 Å². The first-order valence-corrected chi connectivity index (χ1v) is 7.91. The molecular weight excluding hydrogens is 300 g/mol. The minimum Gasteiger partial charge on any atom is -0.476 e. The Bertz CT molecular complexity index is 845. The SMILES string of the molecule is CN(C)CCOc1nc(-c2ccccc2)c2ccccc2c1C=O. The lowest BCUT2D eigenvalue weighted by Crippen LogP contribution is -2.20. The van der Waals surface area contributed by atoms with Crippen molar-refractivity contribution < 1.29 is 9.53 Å². The standard InChI is InChI=1S/C20H20N2O2/c1-22(2)12-13-24-20-18(14-23)16-10-6-7-11-17(16)19(21-20)15-8-4-3-5-9-15/h3-11,14H,12-13H2,1-2H3. The summed E-state index contributed by atoms with van der Waals surface area (Å²) in [4.78, 5) is 18.4. The quantitative estimate of drug-likeness (QED) is 0.650. The van der Waals surface area contributed by atoms with E-state index in [1.54, 1.807) is 0 Å². The lowest BCUT2D eigenvalue weighted by atomic mass is 10.0. The highest BCUT2D eigenvalue weighted by Gasteiger charge is 2.15. The van der Waals surface area contributed by atoms with Gasteiger partial charge in [0.2, 0.25) is 5.88 Å². The van der Waals surface area contributed by atoms with Crippen molar-refractivity contribution in [2.75, 3.05) is 27.2 Å². The van der Waals surface area contributed by atoms with Crippen LogP contribution >= 0.6 is 0 Å². The lowest BCUT2D eigenvalue weighted by molar-refractivity contribution is 0.112. The molecule has 1 heterocycles. The van der Waals surface area contributed by atoms with Crippen LogP contribution in [-0.4, -0.2) is 43.4 Å². The smallest absolute Gasteiger partial charge is 0.225 e. The van der Waals surface area contributed by atoms with Gasteiger partial charge in [0, 0.05) is 17.5 Å². The minimum atomic E-state index is 0.393. The largest absolute Gasteiger partial charge is 0.476 e. The van der Waals surface area contributed by atoms with E-state index in [1.165, 1.54) is 0 Å². The highest BCUT2D eigenvalue weighted by atomic mass is 16.5. The van der Waals surface area contributed by atoms with E-state index in [9.17, 15) is 4.79 Å². The second-order valence-electron chi connectivity index (χ2n) is 5.86. The van der Waals surface area contributed by atoms with Crippen LogP contribution in [0, 0.1) is 0 Å². The zero-order valence-corrected chi connectivity index (χ0v) is 13.9. The Hall–Kier alpha value is -2.72. The Morgan fingerprint density at radius 1 is 1.00 bits per heavy atom. The predicted octanol–water partition coefficient (Wildman–Crippen LogP) is 3.65.